The van der Waals surface area contributed by atoms with Gasteiger partial charge in [0.1, 0.15) is 0 Å². The second kappa shape index (κ2) is 9.22. The van der Waals surface area contributed by atoms with Crippen molar-refractivity contribution in [2.45, 2.75) is 17.7 Å². The normalized spacial score (nSPS) is 13.6. The fourth-order valence-electron chi connectivity index (χ4n) is 4.06. The summed E-state index contributed by atoms with van der Waals surface area (Å²) in [6.45, 7) is 0.138. The number of nitrogens with one attached hydrogen (secondary N) is 1. The highest BCUT2D eigenvalue weighted by molar-refractivity contribution is 7.93. The number of ether oxygens (including phenoxy) is 3. The molecule has 1 aliphatic heterocycles. The summed E-state index contributed by atoms with van der Waals surface area (Å²) in [6, 6.07) is 13.5. The first-order valence-corrected chi connectivity index (χ1v) is 11.9. The highest BCUT2D eigenvalue weighted by Crippen LogP contribution is 2.42. The van der Waals surface area contributed by atoms with Gasteiger partial charge in [-0.25, -0.2) is 13.2 Å². The van der Waals surface area contributed by atoms with E-state index in [1.807, 2.05) is 18.2 Å². The van der Waals surface area contributed by atoms with Crippen LogP contribution in [0.15, 0.2) is 53.4 Å². The average molecular weight is 485 g/mol. The molecule has 0 bridgehead atoms. The monoisotopic (exact) mass is 484 g/mol. The Hall–Kier alpha value is -3.79. The lowest BCUT2D eigenvalue weighted by Crippen LogP contribution is -2.29. The minimum Gasteiger partial charge on any atom is -0.493 e. The average Bonchev–Trinajstić information content (AvgIpc) is 3.06. The lowest BCUT2D eigenvalue weighted by atomic mass is 10.1. The second-order valence-corrected chi connectivity index (χ2v) is 9.44. The predicted octanol–water partition coefficient (Wildman–Crippen LogP) is 3.57. The van der Waals surface area contributed by atoms with Crippen LogP contribution in [0, 0.1) is 0 Å². The van der Waals surface area contributed by atoms with Gasteiger partial charge in [0.15, 0.2) is 11.5 Å². The fraction of sp³-hybridized carbons (Fsp3) is 0.250. The zero-order chi connectivity index (χ0) is 24.5. The first-order valence-electron chi connectivity index (χ1n) is 10.5. The quantitative estimate of drug-likeness (QED) is 0.487. The number of methoxy groups -OCH3 is 3. The lowest BCUT2D eigenvalue weighted by Gasteiger charge is -2.19. The van der Waals surface area contributed by atoms with Crippen LogP contribution in [0.2, 0.25) is 0 Å². The van der Waals surface area contributed by atoms with Gasteiger partial charge >= 0.3 is 5.97 Å². The third-order valence-electron chi connectivity index (χ3n) is 5.65. The van der Waals surface area contributed by atoms with E-state index in [1.54, 1.807) is 18.2 Å². The molecule has 0 spiro atoms. The second-order valence-electron chi connectivity index (χ2n) is 7.60. The summed E-state index contributed by atoms with van der Waals surface area (Å²) < 4.78 is 42.7. The molecule has 10 heteroatoms. The third kappa shape index (κ3) is 4.01. The number of benzene rings is 3. The molecule has 0 aromatic heterocycles. The van der Waals surface area contributed by atoms with Gasteiger partial charge in [0.2, 0.25) is 5.91 Å². The van der Waals surface area contributed by atoms with Crippen LogP contribution in [-0.4, -0.2) is 48.2 Å². The molecule has 0 saturated heterocycles. The number of hydrogen-bond acceptors (Lipinski definition) is 7. The van der Waals surface area contributed by atoms with Crippen molar-refractivity contribution in [3.05, 3.63) is 54.1 Å². The van der Waals surface area contributed by atoms with Crippen molar-refractivity contribution in [2.24, 2.45) is 0 Å². The Morgan fingerprint density at radius 2 is 1.65 bits per heavy atom. The van der Waals surface area contributed by atoms with Gasteiger partial charge in [-0.1, -0.05) is 24.3 Å². The van der Waals surface area contributed by atoms with Crippen LogP contribution in [0.25, 0.3) is 10.8 Å². The van der Waals surface area contributed by atoms with E-state index in [2.05, 4.69) is 5.32 Å². The van der Waals surface area contributed by atoms with E-state index in [0.29, 0.717) is 22.6 Å². The zero-order valence-corrected chi connectivity index (χ0v) is 19.8. The molecule has 0 fully saturated rings. The van der Waals surface area contributed by atoms with E-state index in [9.17, 15) is 18.0 Å². The van der Waals surface area contributed by atoms with Crippen molar-refractivity contribution in [1.29, 1.82) is 0 Å². The van der Waals surface area contributed by atoms with Crippen LogP contribution in [0.4, 0.5) is 11.4 Å². The Kier molecular flexibility index (Phi) is 6.34. The summed E-state index contributed by atoms with van der Waals surface area (Å²) in [5, 5.41) is 4.24. The van der Waals surface area contributed by atoms with Gasteiger partial charge in [-0.15, -0.1) is 0 Å². The summed E-state index contributed by atoms with van der Waals surface area (Å²) in [5.41, 5.74) is 0.930. The molecule has 1 N–H and O–H groups in total. The van der Waals surface area contributed by atoms with Gasteiger partial charge in [-0.05, 0) is 23.9 Å². The largest absolute Gasteiger partial charge is 0.493 e. The SMILES string of the molecule is COC(=O)c1cc(OC)c(OC)cc1NC(=O)CCCN1c2cccc3cccc(c23)S1(=O)=O. The van der Waals surface area contributed by atoms with Crippen molar-refractivity contribution >= 4 is 44.0 Å². The van der Waals surface area contributed by atoms with Gasteiger partial charge < -0.3 is 19.5 Å². The molecule has 0 unspecified atom stereocenters. The van der Waals surface area contributed by atoms with Crippen LogP contribution in [0.1, 0.15) is 23.2 Å². The molecular formula is C24H24N2O7S. The molecule has 4 rings (SSSR count). The van der Waals surface area contributed by atoms with Crippen molar-refractivity contribution in [1.82, 2.24) is 0 Å². The zero-order valence-electron chi connectivity index (χ0n) is 19.0. The number of carbonyl (C=O) groups excluding carboxylic acids is 2. The van der Waals surface area contributed by atoms with Crippen LogP contribution >= 0.6 is 0 Å². The highest BCUT2D eigenvalue weighted by Gasteiger charge is 2.35. The molecule has 0 saturated carbocycles. The molecule has 1 heterocycles. The van der Waals surface area contributed by atoms with E-state index in [4.69, 9.17) is 14.2 Å². The van der Waals surface area contributed by atoms with E-state index in [1.165, 1.54) is 37.8 Å². The molecule has 0 radical (unpaired) electrons. The Morgan fingerprint density at radius 1 is 0.971 bits per heavy atom. The maximum atomic E-state index is 13.1. The first kappa shape index (κ1) is 23.4. The lowest BCUT2D eigenvalue weighted by molar-refractivity contribution is -0.116. The molecule has 9 nitrogen and oxygen atoms in total. The van der Waals surface area contributed by atoms with Gasteiger partial charge in [-0.3, -0.25) is 9.10 Å². The van der Waals surface area contributed by atoms with Crippen LogP contribution < -0.4 is 19.1 Å². The van der Waals surface area contributed by atoms with Crippen molar-refractivity contribution in [2.75, 3.05) is 37.5 Å². The Balaban J connectivity index is 1.49. The Bertz CT molecular complexity index is 1380. The van der Waals surface area contributed by atoms with Crippen LogP contribution in [-0.2, 0) is 19.6 Å². The number of esters is 1. The molecule has 3 aromatic carbocycles. The van der Waals surface area contributed by atoms with Crippen molar-refractivity contribution < 1.29 is 32.2 Å². The number of anilines is 2. The highest BCUT2D eigenvalue weighted by atomic mass is 32.2. The van der Waals surface area contributed by atoms with Gasteiger partial charge in [0, 0.05) is 30.5 Å². The number of sulfonamides is 1. The molecule has 178 valence electrons. The van der Waals surface area contributed by atoms with E-state index < -0.39 is 16.0 Å². The van der Waals surface area contributed by atoms with Crippen LogP contribution in [0.5, 0.6) is 11.5 Å². The molecule has 0 atom stereocenters. The van der Waals surface area contributed by atoms with Crippen molar-refractivity contribution in [3.8, 4) is 11.5 Å². The van der Waals surface area contributed by atoms with E-state index >= 15 is 0 Å². The maximum absolute atomic E-state index is 13.1. The predicted molar refractivity (Wildman–Crippen MR) is 127 cm³/mol. The summed E-state index contributed by atoms with van der Waals surface area (Å²) in [5.74, 6) is -0.386. The van der Waals surface area contributed by atoms with E-state index in [-0.39, 0.29) is 41.4 Å². The molecule has 1 amide bonds. The Morgan fingerprint density at radius 3 is 2.32 bits per heavy atom. The number of nitrogens with zero attached hydrogens (tertiary/aromatic N) is 1. The summed E-state index contributed by atoms with van der Waals surface area (Å²) >= 11 is 0. The third-order valence-corrected chi connectivity index (χ3v) is 7.50. The first-order chi connectivity index (χ1) is 16.3. The molecule has 3 aromatic rings. The van der Waals surface area contributed by atoms with Gasteiger partial charge in [-0.2, -0.15) is 0 Å². The van der Waals surface area contributed by atoms with Gasteiger partial charge in [0.05, 0.1) is 43.2 Å². The minimum atomic E-state index is -3.68. The van der Waals surface area contributed by atoms with E-state index in [0.717, 1.165) is 5.39 Å². The topological polar surface area (TPSA) is 111 Å². The molecule has 34 heavy (non-hydrogen) atoms. The molecular weight excluding hydrogens is 460 g/mol. The number of rotatable bonds is 8. The smallest absolute Gasteiger partial charge is 0.340 e. The number of amides is 1. The number of hydrogen-bond donors (Lipinski definition) is 1. The van der Waals surface area contributed by atoms with Crippen molar-refractivity contribution in [3.63, 3.8) is 0 Å². The maximum Gasteiger partial charge on any atom is 0.340 e. The Labute approximate surface area is 197 Å². The fourth-order valence-corrected chi connectivity index (χ4v) is 5.81. The van der Waals surface area contributed by atoms with Crippen LogP contribution in [0.3, 0.4) is 0 Å². The summed E-state index contributed by atoms with van der Waals surface area (Å²) in [6.07, 6.45) is 0.309. The molecule has 0 aliphatic carbocycles. The summed E-state index contributed by atoms with van der Waals surface area (Å²) in [7, 11) is 0.426. The number of carbonyl (C=O) groups is 2. The summed E-state index contributed by atoms with van der Waals surface area (Å²) in [4.78, 5) is 25.1. The standard InChI is InChI=1S/C24H24N2O7S/c1-31-19-13-16(24(28)33-3)17(14-20(19)32-2)25-22(27)11-6-12-26-18-9-4-7-15-8-5-10-21(23(15)18)34(26,29)30/h4-5,7-10,13-14H,6,11-12H2,1-3H3,(H,25,27). The molecule has 1 aliphatic rings. The minimum absolute atomic E-state index is 0.0350. The van der Waals surface area contributed by atoms with Gasteiger partial charge in [0.25, 0.3) is 10.0 Å².